The summed E-state index contributed by atoms with van der Waals surface area (Å²) in [6, 6.07) is 7.31. The molecule has 1 rings (SSSR count). The molecule has 5 nitrogen and oxygen atoms in total. The largest absolute Gasteiger partial charge is 0.508 e. The molecule has 0 bridgehead atoms. The van der Waals surface area contributed by atoms with Crippen LogP contribution in [-0.2, 0) is 10.0 Å². The minimum absolute atomic E-state index is 0.0212. The van der Waals surface area contributed by atoms with Gasteiger partial charge in [-0.1, -0.05) is 6.07 Å². The Balaban J connectivity index is 2.98. The third-order valence-corrected chi connectivity index (χ3v) is 3.92. The number of benzene rings is 1. The van der Waals surface area contributed by atoms with Gasteiger partial charge < -0.3 is 5.11 Å². The van der Waals surface area contributed by atoms with Gasteiger partial charge in [0.15, 0.2) is 0 Å². The first kappa shape index (κ1) is 12.5. The number of hydrogen-bond donors (Lipinski definition) is 1. The lowest BCUT2D eigenvalue weighted by molar-refractivity contribution is 0.465. The van der Waals surface area contributed by atoms with Gasteiger partial charge in [-0.2, -0.15) is 9.57 Å². The predicted octanol–water partition coefficient (Wildman–Crippen LogP) is 0.926. The van der Waals surface area contributed by atoms with Gasteiger partial charge in [0.25, 0.3) is 0 Å². The molecule has 0 saturated carbocycles. The second-order valence-corrected chi connectivity index (χ2v) is 5.28. The molecule has 86 valence electrons. The standard InChI is InChI=1S/C10H12N2O3S/c1-12(7-3-6-11)16(14,15)10-5-2-4-9(13)8-10/h2,4-5,8,13H,3,7H2,1H3. The maximum Gasteiger partial charge on any atom is 0.242 e. The summed E-state index contributed by atoms with van der Waals surface area (Å²) < 4.78 is 24.9. The van der Waals surface area contributed by atoms with Crippen LogP contribution in [0, 0.1) is 11.3 Å². The first-order valence-electron chi connectivity index (χ1n) is 4.61. The van der Waals surface area contributed by atoms with Crippen LogP contribution in [-0.4, -0.2) is 31.4 Å². The van der Waals surface area contributed by atoms with E-state index in [1.54, 1.807) is 0 Å². The van der Waals surface area contributed by atoms with Crippen LogP contribution < -0.4 is 0 Å². The number of nitriles is 1. The fraction of sp³-hybridized carbons (Fsp3) is 0.300. The van der Waals surface area contributed by atoms with Crippen LogP contribution in [0.5, 0.6) is 5.75 Å². The maximum atomic E-state index is 11.9. The van der Waals surface area contributed by atoms with E-state index in [0.29, 0.717) is 0 Å². The predicted molar refractivity (Wildman–Crippen MR) is 58.2 cm³/mol. The molecule has 0 saturated heterocycles. The highest BCUT2D eigenvalue weighted by molar-refractivity contribution is 7.89. The number of rotatable bonds is 4. The Morgan fingerprint density at radius 3 is 2.75 bits per heavy atom. The van der Waals surface area contributed by atoms with Gasteiger partial charge in [-0.15, -0.1) is 0 Å². The topological polar surface area (TPSA) is 81.4 Å². The molecule has 1 aromatic carbocycles. The van der Waals surface area contributed by atoms with Crippen LogP contribution in [0.4, 0.5) is 0 Å². The molecular weight excluding hydrogens is 228 g/mol. The SMILES string of the molecule is CN(CCC#N)S(=O)(=O)c1cccc(O)c1. The van der Waals surface area contributed by atoms with Gasteiger partial charge in [0, 0.05) is 20.0 Å². The summed E-state index contributed by atoms with van der Waals surface area (Å²) in [4.78, 5) is 0.0212. The fourth-order valence-corrected chi connectivity index (χ4v) is 2.36. The molecule has 0 heterocycles. The van der Waals surface area contributed by atoms with Crippen LogP contribution in [0.25, 0.3) is 0 Å². The molecule has 6 heteroatoms. The average Bonchev–Trinajstić information content (AvgIpc) is 2.25. The number of phenolic OH excluding ortho intramolecular Hbond substituents is 1. The monoisotopic (exact) mass is 240 g/mol. The van der Waals surface area contributed by atoms with Gasteiger partial charge in [0.1, 0.15) is 5.75 Å². The molecule has 0 aliphatic heterocycles. The molecule has 0 spiro atoms. The van der Waals surface area contributed by atoms with E-state index >= 15 is 0 Å². The molecule has 0 radical (unpaired) electrons. The number of phenols is 1. The van der Waals surface area contributed by atoms with Crippen molar-refractivity contribution in [2.24, 2.45) is 0 Å². The lowest BCUT2D eigenvalue weighted by Gasteiger charge is -2.15. The van der Waals surface area contributed by atoms with Crippen LogP contribution >= 0.6 is 0 Å². The number of nitrogens with zero attached hydrogens (tertiary/aromatic N) is 2. The zero-order chi connectivity index (χ0) is 12.2. The third-order valence-electron chi connectivity index (χ3n) is 2.06. The quantitative estimate of drug-likeness (QED) is 0.848. The van der Waals surface area contributed by atoms with Gasteiger partial charge >= 0.3 is 0 Å². The van der Waals surface area contributed by atoms with Crippen LogP contribution in [0.15, 0.2) is 29.2 Å². The van der Waals surface area contributed by atoms with Crippen LogP contribution in [0.2, 0.25) is 0 Å². The van der Waals surface area contributed by atoms with Crippen molar-refractivity contribution in [2.75, 3.05) is 13.6 Å². The molecule has 0 amide bonds. The summed E-state index contributed by atoms with van der Waals surface area (Å²) >= 11 is 0. The summed E-state index contributed by atoms with van der Waals surface area (Å²) in [6.45, 7) is 0.133. The highest BCUT2D eigenvalue weighted by atomic mass is 32.2. The van der Waals surface area contributed by atoms with Crippen molar-refractivity contribution in [3.8, 4) is 11.8 Å². The van der Waals surface area contributed by atoms with E-state index in [2.05, 4.69) is 0 Å². The Morgan fingerprint density at radius 1 is 1.50 bits per heavy atom. The van der Waals surface area contributed by atoms with E-state index in [1.807, 2.05) is 6.07 Å². The first-order chi connectivity index (χ1) is 7.48. The second-order valence-electron chi connectivity index (χ2n) is 3.23. The lowest BCUT2D eigenvalue weighted by atomic mass is 10.3. The first-order valence-corrected chi connectivity index (χ1v) is 6.05. The third kappa shape index (κ3) is 2.72. The number of hydrogen-bond acceptors (Lipinski definition) is 4. The summed E-state index contributed by atoms with van der Waals surface area (Å²) in [6.07, 6.45) is 0.133. The van der Waals surface area contributed by atoms with Crippen LogP contribution in [0.1, 0.15) is 6.42 Å². The van der Waals surface area contributed by atoms with E-state index in [1.165, 1.54) is 31.3 Å². The minimum atomic E-state index is -3.61. The minimum Gasteiger partial charge on any atom is -0.508 e. The van der Waals surface area contributed by atoms with Crippen molar-refractivity contribution in [3.63, 3.8) is 0 Å². The zero-order valence-electron chi connectivity index (χ0n) is 8.79. The van der Waals surface area contributed by atoms with Gasteiger partial charge in [0.2, 0.25) is 10.0 Å². The molecule has 16 heavy (non-hydrogen) atoms. The molecule has 1 N–H and O–H groups in total. The van der Waals surface area contributed by atoms with Gasteiger partial charge in [-0.05, 0) is 18.2 Å². The Morgan fingerprint density at radius 2 is 2.19 bits per heavy atom. The van der Waals surface area contributed by atoms with Crippen molar-refractivity contribution in [1.29, 1.82) is 5.26 Å². The van der Waals surface area contributed by atoms with Gasteiger partial charge in [0.05, 0.1) is 11.0 Å². The van der Waals surface area contributed by atoms with Crippen LogP contribution in [0.3, 0.4) is 0 Å². The van der Waals surface area contributed by atoms with E-state index in [4.69, 9.17) is 5.26 Å². The van der Waals surface area contributed by atoms with Crippen molar-refractivity contribution in [2.45, 2.75) is 11.3 Å². The van der Waals surface area contributed by atoms with E-state index in [0.717, 1.165) is 4.31 Å². The number of aromatic hydroxyl groups is 1. The molecule has 0 unspecified atom stereocenters. The molecule has 0 aliphatic carbocycles. The lowest BCUT2D eigenvalue weighted by Crippen LogP contribution is -2.27. The summed E-state index contributed by atoms with van der Waals surface area (Å²) in [5.74, 6) is -0.102. The summed E-state index contributed by atoms with van der Waals surface area (Å²) in [5, 5.41) is 17.6. The fourth-order valence-electron chi connectivity index (χ4n) is 1.15. The molecular formula is C10H12N2O3S. The normalized spacial score (nSPS) is 11.3. The highest BCUT2D eigenvalue weighted by Crippen LogP contribution is 2.18. The van der Waals surface area contributed by atoms with E-state index in [-0.39, 0.29) is 23.6 Å². The molecule has 0 atom stereocenters. The smallest absolute Gasteiger partial charge is 0.242 e. The second kappa shape index (κ2) is 4.96. The Kier molecular flexibility index (Phi) is 3.88. The Bertz CT molecular complexity index is 505. The van der Waals surface area contributed by atoms with Crippen molar-refractivity contribution >= 4 is 10.0 Å². The molecule has 1 aromatic rings. The Hall–Kier alpha value is -1.58. The summed E-state index contributed by atoms with van der Waals surface area (Å²) in [7, 11) is -2.21. The average molecular weight is 240 g/mol. The van der Waals surface area contributed by atoms with E-state index < -0.39 is 10.0 Å². The van der Waals surface area contributed by atoms with Gasteiger partial charge in [-0.3, -0.25) is 0 Å². The van der Waals surface area contributed by atoms with E-state index in [9.17, 15) is 13.5 Å². The molecule has 0 fully saturated rings. The Labute approximate surface area is 94.6 Å². The molecule has 0 aliphatic rings. The maximum absolute atomic E-state index is 11.9. The molecule has 0 aromatic heterocycles. The van der Waals surface area contributed by atoms with Crippen molar-refractivity contribution < 1.29 is 13.5 Å². The van der Waals surface area contributed by atoms with Crippen molar-refractivity contribution in [3.05, 3.63) is 24.3 Å². The van der Waals surface area contributed by atoms with Gasteiger partial charge in [-0.25, -0.2) is 8.42 Å². The zero-order valence-corrected chi connectivity index (χ0v) is 9.61. The number of sulfonamides is 1. The van der Waals surface area contributed by atoms with Crippen molar-refractivity contribution in [1.82, 2.24) is 4.31 Å². The highest BCUT2D eigenvalue weighted by Gasteiger charge is 2.20. The summed E-state index contributed by atoms with van der Waals surface area (Å²) in [5.41, 5.74) is 0.